The van der Waals surface area contributed by atoms with Crippen LogP contribution in [0.5, 0.6) is 0 Å². The van der Waals surface area contributed by atoms with Gasteiger partial charge in [-0.2, -0.15) is 0 Å². The average Bonchev–Trinajstić information content (AvgIpc) is 2.09. The zero-order chi connectivity index (χ0) is 8.97. The number of benzene rings is 1. The van der Waals surface area contributed by atoms with Crippen molar-refractivity contribution < 1.29 is 4.79 Å². The largest absolute Gasteiger partial charge is 0.375 e. The molecule has 1 N–H and O–H groups in total. The quantitative estimate of drug-likeness (QED) is 0.735. The minimum absolute atomic E-state index is 0.244. The first-order chi connectivity index (χ1) is 5.74. The predicted octanol–water partition coefficient (Wildman–Crippen LogP) is 1.91. The Labute approximate surface area is 72.6 Å². The first-order valence-electron chi connectivity index (χ1n) is 3.94. The fraction of sp³-hybridized carbons (Fsp3) is 0.300. The molecule has 0 spiro atoms. The molecule has 0 saturated carbocycles. The molecule has 1 aromatic rings. The first-order valence-corrected chi connectivity index (χ1v) is 3.94. The van der Waals surface area contributed by atoms with Gasteiger partial charge in [-0.15, -0.1) is 0 Å². The summed E-state index contributed by atoms with van der Waals surface area (Å²) in [5, 5.41) is 3.04. The van der Waals surface area contributed by atoms with Crippen LogP contribution in [0, 0.1) is 6.92 Å². The summed E-state index contributed by atoms with van der Waals surface area (Å²) in [6.45, 7) is 3.78. The number of aryl methyl sites for hydroxylation is 1. The van der Waals surface area contributed by atoms with Gasteiger partial charge in [0.1, 0.15) is 0 Å². The van der Waals surface area contributed by atoms with Crippen LogP contribution in [0.2, 0.25) is 0 Å². The molecule has 0 fully saturated rings. The number of carbonyl (C=O) groups excluding carboxylic acids is 1. The van der Waals surface area contributed by atoms with Crippen LogP contribution in [0.3, 0.4) is 0 Å². The molecule has 12 heavy (non-hydrogen) atoms. The molecule has 2 heteroatoms. The summed E-state index contributed by atoms with van der Waals surface area (Å²) in [5.41, 5.74) is 2.13. The zero-order valence-corrected chi connectivity index (χ0v) is 7.29. The Hall–Kier alpha value is -1.31. The number of anilines is 1. The molecule has 0 aliphatic heterocycles. The van der Waals surface area contributed by atoms with Gasteiger partial charge in [0.25, 0.3) is 0 Å². The van der Waals surface area contributed by atoms with E-state index in [1.54, 1.807) is 6.92 Å². The maximum absolute atomic E-state index is 10.2. The molecule has 2 nitrogen and oxygen atoms in total. The summed E-state index contributed by atoms with van der Waals surface area (Å²) in [7, 11) is 0. The maximum atomic E-state index is 10.2. The van der Waals surface area contributed by atoms with Gasteiger partial charge < -0.3 is 5.32 Å². The Morgan fingerprint density at radius 2 is 2.08 bits per heavy atom. The lowest BCUT2D eigenvalue weighted by molar-refractivity contribution is 0.549. The van der Waals surface area contributed by atoms with E-state index in [2.05, 4.69) is 5.32 Å². The Balaban J connectivity index is 2.75. The minimum atomic E-state index is -0.244. The molecule has 1 rings (SSSR count). The maximum Gasteiger partial charge on any atom is 0.222 e. The normalized spacial score (nSPS) is 12.2. The molecule has 1 radical (unpaired) electrons. The smallest absolute Gasteiger partial charge is 0.222 e. The number of nitrogens with one attached hydrogen (secondary N) is 1. The van der Waals surface area contributed by atoms with E-state index in [1.165, 1.54) is 0 Å². The lowest BCUT2D eigenvalue weighted by Crippen LogP contribution is -2.16. The van der Waals surface area contributed by atoms with Crippen LogP contribution in [0.15, 0.2) is 24.3 Å². The molecule has 1 unspecified atom stereocenters. The molecule has 1 aromatic carbocycles. The van der Waals surface area contributed by atoms with E-state index >= 15 is 0 Å². The molecule has 0 saturated heterocycles. The van der Waals surface area contributed by atoms with Crippen molar-refractivity contribution in [2.24, 2.45) is 0 Å². The SMILES string of the molecule is Cc1ccccc1NC(C)[C]=O. The van der Waals surface area contributed by atoms with E-state index in [4.69, 9.17) is 0 Å². The van der Waals surface area contributed by atoms with Crippen LogP contribution < -0.4 is 5.32 Å². The summed E-state index contributed by atoms with van der Waals surface area (Å²) in [6.07, 6.45) is 1.88. The molecule has 0 aliphatic rings. The van der Waals surface area contributed by atoms with E-state index in [0.717, 1.165) is 11.3 Å². The van der Waals surface area contributed by atoms with Crippen LogP contribution in [-0.2, 0) is 4.79 Å². The Morgan fingerprint density at radius 3 is 2.67 bits per heavy atom. The van der Waals surface area contributed by atoms with Crippen molar-refractivity contribution in [3.05, 3.63) is 29.8 Å². The summed E-state index contributed by atoms with van der Waals surface area (Å²) < 4.78 is 0. The van der Waals surface area contributed by atoms with Gasteiger partial charge in [-0.05, 0) is 25.5 Å². The highest BCUT2D eigenvalue weighted by atomic mass is 16.1. The van der Waals surface area contributed by atoms with Crippen molar-refractivity contribution in [2.45, 2.75) is 19.9 Å². The van der Waals surface area contributed by atoms with Gasteiger partial charge in [-0.3, -0.25) is 4.79 Å². The van der Waals surface area contributed by atoms with Crippen molar-refractivity contribution in [3.8, 4) is 0 Å². The first kappa shape index (κ1) is 8.78. The lowest BCUT2D eigenvalue weighted by Gasteiger charge is -2.10. The van der Waals surface area contributed by atoms with E-state index in [1.807, 2.05) is 37.5 Å². The van der Waals surface area contributed by atoms with Gasteiger partial charge in [0.05, 0.1) is 6.04 Å². The predicted molar refractivity (Wildman–Crippen MR) is 50.0 cm³/mol. The minimum Gasteiger partial charge on any atom is -0.375 e. The lowest BCUT2D eigenvalue weighted by atomic mass is 10.2. The highest BCUT2D eigenvalue weighted by molar-refractivity contribution is 5.65. The molecular formula is C10H12NO. The van der Waals surface area contributed by atoms with Crippen molar-refractivity contribution in [1.82, 2.24) is 0 Å². The highest BCUT2D eigenvalue weighted by Gasteiger charge is 2.01. The molecule has 1 atom stereocenters. The van der Waals surface area contributed by atoms with Crippen LogP contribution in [0.4, 0.5) is 5.69 Å². The molecular weight excluding hydrogens is 150 g/mol. The van der Waals surface area contributed by atoms with Crippen molar-refractivity contribution >= 4 is 12.0 Å². The van der Waals surface area contributed by atoms with E-state index in [9.17, 15) is 4.79 Å². The Morgan fingerprint density at radius 1 is 1.42 bits per heavy atom. The number of hydrogen-bond donors (Lipinski definition) is 1. The number of rotatable bonds is 3. The molecule has 0 aromatic heterocycles. The molecule has 0 aliphatic carbocycles. The van der Waals surface area contributed by atoms with Gasteiger partial charge in [-0.1, -0.05) is 18.2 Å². The van der Waals surface area contributed by atoms with Gasteiger partial charge in [0, 0.05) is 5.69 Å². The summed E-state index contributed by atoms with van der Waals surface area (Å²) in [4.78, 5) is 10.2. The monoisotopic (exact) mass is 162 g/mol. The van der Waals surface area contributed by atoms with Gasteiger partial charge in [-0.25, -0.2) is 0 Å². The fourth-order valence-electron chi connectivity index (χ4n) is 0.998. The van der Waals surface area contributed by atoms with E-state index in [0.29, 0.717) is 0 Å². The standard InChI is InChI=1S/C10H12NO/c1-8-5-3-4-6-10(8)11-9(2)7-12/h3-6,9,11H,1-2H3. The van der Waals surface area contributed by atoms with Crippen LogP contribution in [0.25, 0.3) is 0 Å². The van der Waals surface area contributed by atoms with Crippen molar-refractivity contribution in [3.63, 3.8) is 0 Å². The molecule has 0 heterocycles. The van der Waals surface area contributed by atoms with E-state index < -0.39 is 0 Å². The van der Waals surface area contributed by atoms with Gasteiger partial charge >= 0.3 is 0 Å². The van der Waals surface area contributed by atoms with Crippen LogP contribution in [-0.4, -0.2) is 12.3 Å². The fourth-order valence-corrected chi connectivity index (χ4v) is 0.998. The second-order valence-corrected chi connectivity index (χ2v) is 2.80. The van der Waals surface area contributed by atoms with Gasteiger partial charge in [0.15, 0.2) is 0 Å². The van der Waals surface area contributed by atoms with E-state index in [-0.39, 0.29) is 6.04 Å². The van der Waals surface area contributed by atoms with Crippen LogP contribution in [0.1, 0.15) is 12.5 Å². The highest BCUT2D eigenvalue weighted by Crippen LogP contribution is 2.13. The topological polar surface area (TPSA) is 29.1 Å². The third-order valence-electron chi connectivity index (χ3n) is 1.69. The van der Waals surface area contributed by atoms with Gasteiger partial charge in [0.2, 0.25) is 6.29 Å². The van der Waals surface area contributed by atoms with Crippen molar-refractivity contribution in [1.29, 1.82) is 0 Å². The third kappa shape index (κ3) is 2.09. The Bertz CT molecular complexity index is 270. The summed E-state index contributed by atoms with van der Waals surface area (Å²) in [6, 6.07) is 7.61. The summed E-state index contributed by atoms with van der Waals surface area (Å²) >= 11 is 0. The second kappa shape index (κ2) is 3.90. The zero-order valence-electron chi connectivity index (χ0n) is 7.29. The Kier molecular flexibility index (Phi) is 2.86. The second-order valence-electron chi connectivity index (χ2n) is 2.80. The molecule has 0 amide bonds. The number of hydrogen-bond acceptors (Lipinski definition) is 2. The van der Waals surface area contributed by atoms with Crippen molar-refractivity contribution in [2.75, 3.05) is 5.32 Å². The average molecular weight is 162 g/mol. The van der Waals surface area contributed by atoms with Crippen LogP contribution >= 0.6 is 0 Å². The third-order valence-corrected chi connectivity index (χ3v) is 1.69. The molecule has 63 valence electrons. The molecule has 0 bridgehead atoms. The summed E-state index contributed by atoms with van der Waals surface area (Å²) in [5.74, 6) is 0. The number of para-hydroxylation sites is 1.